The van der Waals surface area contributed by atoms with Crippen molar-refractivity contribution < 1.29 is 14.7 Å². The van der Waals surface area contributed by atoms with Crippen LogP contribution in [0.4, 0.5) is 5.69 Å². The average Bonchev–Trinajstić information content (AvgIpc) is 2.66. The van der Waals surface area contributed by atoms with Crippen LogP contribution in [0.15, 0.2) is 72.3 Å². The van der Waals surface area contributed by atoms with Crippen molar-refractivity contribution in [2.75, 3.05) is 5.32 Å². The summed E-state index contributed by atoms with van der Waals surface area (Å²) in [4.78, 5) is 23.8. The largest absolute Gasteiger partial charge is 0.478 e. The predicted octanol–water partition coefficient (Wildman–Crippen LogP) is 4.08. The molecular formula is C21H14N2O3. The van der Waals surface area contributed by atoms with Gasteiger partial charge in [0.2, 0.25) is 0 Å². The van der Waals surface area contributed by atoms with Gasteiger partial charge in [0, 0.05) is 11.1 Å². The number of benzene rings is 3. The summed E-state index contributed by atoms with van der Waals surface area (Å²) in [6.45, 7) is 0. The van der Waals surface area contributed by atoms with E-state index in [4.69, 9.17) is 0 Å². The monoisotopic (exact) mass is 342 g/mol. The highest BCUT2D eigenvalue weighted by Gasteiger charge is 2.14. The zero-order valence-electron chi connectivity index (χ0n) is 13.6. The number of carboxylic acid groups (broad SMARTS) is 1. The smallest absolute Gasteiger partial charge is 0.336 e. The molecule has 3 aromatic rings. The van der Waals surface area contributed by atoms with E-state index in [9.17, 15) is 20.0 Å². The Hall–Kier alpha value is -3.91. The molecule has 126 valence electrons. The molecule has 5 nitrogen and oxygen atoms in total. The molecule has 2 N–H and O–H groups in total. The first-order valence-corrected chi connectivity index (χ1v) is 7.83. The molecule has 0 heterocycles. The van der Waals surface area contributed by atoms with Crippen LogP contribution >= 0.6 is 0 Å². The molecule has 0 saturated heterocycles. The maximum Gasteiger partial charge on any atom is 0.336 e. The normalized spacial score (nSPS) is 11.0. The lowest BCUT2D eigenvalue weighted by Crippen LogP contribution is -2.14. The average molecular weight is 342 g/mol. The van der Waals surface area contributed by atoms with Crippen molar-refractivity contribution in [1.82, 2.24) is 0 Å². The van der Waals surface area contributed by atoms with Crippen LogP contribution in [0, 0.1) is 11.3 Å². The summed E-state index contributed by atoms with van der Waals surface area (Å²) in [6, 6.07) is 21.1. The van der Waals surface area contributed by atoms with Crippen LogP contribution in [0.2, 0.25) is 0 Å². The second-order valence-electron chi connectivity index (χ2n) is 5.54. The summed E-state index contributed by atoms with van der Waals surface area (Å²) in [5.41, 5.74) is 0.732. The molecule has 3 aromatic carbocycles. The van der Waals surface area contributed by atoms with Gasteiger partial charge in [-0.05, 0) is 29.2 Å². The maximum absolute atomic E-state index is 12.5. The summed E-state index contributed by atoms with van der Waals surface area (Å²) >= 11 is 0. The Morgan fingerprint density at radius 3 is 2.42 bits per heavy atom. The van der Waals surface area contributed by atoms with Gasteiger partial charge in [-0.2, -0.15) is 5.26 Å². The van der Waals surface area contributed by atoms with Gasteiger partial charge in [-0.1, -0.05) is 54.6 Å². The van der Waals surface area contributed by atoms with E-state index < -0.39 is 11.9 Å². The first-order chi connectivity index (χ1) is 12.6. The Kier molecular flexibility index (Phi) is 4.77. The zero-order valence-corrected chi connectivity index (χ0v) is 13.6. The van der Waals surface area contributed by atoms with Crippen molar-refractivity contribution in [3.63, 3.8) is 0 Å². The zero-order chi connectivity index (χ0) is 18.5. The van der Waals surface area contributed by atoms with E-state index in [-0.39, 0.29) is 11.1 Å². The third-order valence-corrected chi connectivity index (χ3v) is 3.89. The minimum absolute atomic E-state index is 0.0261. The fourth-order valence-electron chi connectivity index (χ4n) is 2.65. The number of amides is 1. The van der Waals surface area contributed by atoms with Crippen LogP contribution in [-0.4, -0.2) is 17.0 Å². The van der Waals surface area contributed by atoms with Crippen LogP contribution in [0.25, 0.3) is 16.8 Å². The van der Waals surface area contributed by atoms with E-state index in [2.05, 4.69) is 5.32 Å². The number of aromatic carboxylic acids is 1. The molecule has 0 fully saturated rings. The van der Waals surface area contributed by atoms with E-state index in [0.29, 0.717) is 11.3 Å². The molecule has 0 radical (unpaired) electrons. The van der Waals surface area contributed by atoms with Crippen LogP contribution < -0.4 is 5.32 Å². The van der Waals surface area contributed by atoms with Gasteiger partial charge in [0.25, 0.3) is 5.91 Å². The summed E-state index contributed by atoms with van der Waals surface area (Å²) < 4.78 is 0. The number of carbonyl (C=O) groups excluding carboxylic acids is 1. The molecule has 0 aromatic heterocycles. The van der Waals surface area contributed by atoms with Gasteiger partial charge in [-0.25, -0.2) is 4.79 Å². The SMILES string of the molecule is N#C/C(=C\c1ccccc1C(=O)O)C(=O)Nc1cccc2ccccc12. The third-order valence-electron chi connectivity index (χ3n) is 3.89. The quantitative estimate of drug-likeness (QED) is 0.552. The van der Waals surface area contributed by atoms with E-state index >= 15 is 0 Å². The highest BCUT2D eigenvalue weighted by atomic mass is 16.4. The molecule has 0 spiro atoms. The highest BCUT2D eigenvalue weighted by Crippen LogP contribution is 2.23. The third kappa shape index (κ3) is 3.45. The summed E-state index contributed by atoms with van der Waals surface area (Å²) in [7, 11) is 0. The van der Waals surface area contributed by atoms with Gasteiger partial charge in [-0.15, -0.1) is 0 Å². The first-order valence-electron chi connectivity index (χ1n) is 7.83. The number of rotatable bonds is 4. The minimum Gasteiger partial charge on any atom is -0.478 e. The fraction of sp³-hybridized carbons (Fsp3) is 0. The maximum atomic E-state index is 12.5. The topological polar surface area (TPSA) is 90.2 Å². The summed E-state index contributed by atoms with van der Waals surface area (Å²) in [6.07, 6.45) is 1.28. The lowest BCUT2D eigenvalue weighted by Gasteiger charge is -2.08. The standard InChI is InChI=1S/C21H14N2O3/c22-13-16(12-15-7-2-4-10-18(15)21(25)26)20(24)23-19-11-5-8-14-6-1-3-9-17(14)19/h1-12H,(H,23,24)(H,25,26)/b16-12+. The van der Waals surface area contributed by atoms with Crippen molar-refractivity contribution in [3.8, 4) is 6.07 Å². The molecule has 3 rings (SSSR count). The van der Waals surface area contributed by atoms with Crippen molar-refractivity contribution in [3.05, 3.63) is 83.4 Å². The molecule has 5 heteroatoms. The van der Waals surface area contributed by atoms with Gasteiger partial charge >= 0.3 is 5.97 Å². The van der Waals surface area contributed by atoms with Crippen molar-refractivity contribution >= 4 is 34.4 Å². The van der Waals surface area contributed by atoms with E-state index in [1.165, 1.54) is 12.1 Å². The number of fused-ring (bicyclic) bond motifs is 1. The Balaban J connectivity index is 1.95. The molecule has 0 bridgehead atoms. The Labute approximate surface area is 149 Å². The molecule has 0 atom stereocenters. The number of carboxylic acids is 1. The van der Waals surface area contributed by atoms with E-state index in [1.54, 1.807) is 24.3 Å². The summed E-state index contributed by atoms with van der Waals surface area (Å²) in [5, 5.41) is 23.1. The summed E-state index contributed by atoms with van der Waals surface area (Å²) in [5.74, 6) is -1.72. The fourth-order valence-corrected chi connectivity index (χ4v) is 2.65. The molecule has 0 unspecified atom stereocenters. The van der Waals surface area contributed by atoms with Gasteiger partial charge in [-0.3, -0.25) is 4.79 Å². The number of anilines is 1. The molecular weight excluding hydrogens is 328 g/mol. The molecule has 26 heavy (non-hydrogen) atoms. The molecule has 0 saturated carbocycles. The Morgan fingerprint density at radius 1 is 0.962 bits per heavy atom. The lowest BCUT2D eigenvalue weighted by molar-refractivity contribution is -0.112. The second kappa shape index (κ2) is 7.32. The van der Waals surface area contributed by atoms with E-state index in [0.717, 1.165) is 10.8 Å². The Bertz CT molecular complexity index is 1070. The van der Waals surface area contributed by atoms with Crippen molar-refractivity contribution in [2.45, 2.75) is 0 Å². The van der Waals surface area contributed by atoms with Crippen LogP contribution in [0.5, 0.6) is 0 Å². The number of nitriles is 1. The number of nitrogens with zero attached hydrogens (tertiary/aromatic N) is 1. The molecule has 0 aliphatic carbocycles. The lowest BCUT2D eigenvalue weighted by atomic mass is 10.0. The highest BCUT2D eigenvalue weighted by molar-refractivity contribution is 6.13. The molecule has 0 aliphatic rings. The van der Waals surface area contributed by atoms with Crippen LogP contribution in [0.3, 0.4) is 0 Å². The second-order valence-corrected chi connectivity index (χ2v) is 5.54. The number of hydrogen-bond acceptors (Lipinski definition) is 3. The van der Waals surface area contributed by atoms with Crippen molar-refractivity contribution in [2.24, 2.45) is 0 Å². The van der Waals surface area contributed by atoms with Gasteiger partial charge in [0.15, 0.2) is 0 Å². The van der Waals surface area contributed by atoms with E-state index in [1.807, 2.05) is 42.5 Å². The number of nitrogens with one attached hydrogen (secondary N) is 1. The predicted molar refractivity (Wildman–Crippen MR) is 99.6 cm³/mol. The molecule has 1 amide bonds. The van der Waals surface area contributed by atoms with Gasteiger partial charge < -0.3 is 10.4 Å². The van der Waals surface area contributed by atoms with Crippen molar-refractivity contribution in [1.29, 1.82) is 5.26 Å². The Morgan fingerprint density at radius 2 is 1.65 bits per heavy atom. The first kappa shape index (κ1) is 16.9. The molecule has 0 aliphatic heterocycles. The minimum atomic E-state index is -1.12. The van der Waals surface area contributed by atoms with Crippen LogP contribution in [-0.2, 0) is 4.79 Å². The van der Waals surface area contributed by atoms with Gasteiger partial charge in [0.1, 0.15) is 11.6 Å². The van der Waals surface area contributed by atoms with Crippen LogP contribution in [0.1, 0.15) is 15.9 Å². The number of hydrogen-bond donors (Lipinski definition) is 2. The number of carbonyl (C=O) groups is 2. The van der Waals surface area contributed by atoms with Gasteiger partial charge in [0.05, 0.1) is 5.56 Å².